The molecule has 0 aromatic carbocycles. The minimum atomic E-state index is -0.794. The second-order valence-electron chi connectivity index (χ2n) is 6.42. The number of carboxylic acid groups (broad SMARTS) is 1. The van der Waals surface area contributed by atoms with Gasteiger partial charge in [-0.1, -0.05) is 25.0 Å². The molecule has 3 aliphatic carbocycles. The van der Waals surface area contributed by atoms with E-state index < -0.39 is 11.9 Å². The molecule has 2 bridgehead atoms. The molecule has 1 aliphatic heterocycles. The Morgan fingerprint density at radius 2 is 1.45 bits per heavy atom. The molecule has 0 unspecified atom stereocenters. The van der Waals surface area contributed by atoms with Crippen LogP contribution in [0.1, 0.15) is 38.5 Å². The topological polar surface area (TPSA) is 57.6 Å². The lowest BCUT2D eigenvalue weighted by atomic mass is 9.62. The van der Waals surface area contributed by atoms with Gasteiger partial charge < -0.3 is 10.0 Å². The molecule has 1 saturated carbocycles. The summed E-state index contributed by atoms with van der Waals surface area (Å²) in [6.07, 6.45) is 10.5. The minimum Gasteiger partial charge on any atom is -0.481 e. The summed E-state index contributed by atoms with van der Waals surface area (Å²) in [5.74, 6) is -1.34. The zero-order chi connectivity index (χ0) is 14.1. The van der Waals surface area contributed by atoms with Crippen molar-refractivity contribution < 1.29 is 14.7 Å². The van der Waals surface area contributed by atoms with Gasteiger partial charge in [0, 0.05) is 13.1 Å². The fourth-order valence-corrected chi connectivity index (χ4v) is 4.17. The minimum absolute atomic E-state index is 0.0541. The first-order chi connectivity index (χ1) is 9.68. The zero-order valence-electron chi connectivity index (χ0n) is 11.8. The smallest absolute Gasteiger partial charge is 0.307 e. The monoisotopic (exact) mass is 277 g/mol. The average molecular weight is 277 g/mol. The number of fused-ring (bicyclic) bond motifs is 2. The number of likely N-dealkylation sites (tertiary alicyclic amines) is 1. The summed E-state index contributed by atoms with van der Waals surface area (Å²) in [6.45, 7) is 1.62. The van der Waals surface area contributed by atoms with Crippen molar-refractivity contribution in [2.45, 2.75) is 38.5 Å². The van der Waals surface area contributed by atoms with E-state index in [1.54, 1.807) is 0 Å². The molecular formula is C16H23NO3. The summed E-state index contributed by atoms with van der Waals surface area (Å²) in [5, 5.41) is 9.53. The molecule has 4 heteroatoms. The van der Waals surface area contributed by atoms with Crippen molar-refractivity contribution in [1.29, 1.82) is 0 Å². The van der Waals surface area contributed by atoms with Gasteiger partial charge in [-0.25, -0.2) is 0 Å². The highest BCUT2D eigenvalue weighted by molar-refractivity contribution is 5.86. The van der Waals surface area contributed by atoms with Gasteiger partial charge >= 0.3 is 5.97 Å². The molecule has 0 radical (unpaired) electrons. The molecule has 0 spiro atoms. The van der Waals surface area contributed by atoms with Gasteiger partial charge in [0.2, 0.25) is 5.91 Å². The highest BCUT2D eigenvalue weighted by Gasteiger charge is 2.49. The van der Waals surface area contributed by atoms with Gasteiger partial charge in [0.1, 0.15) is 0 Å². The number of rotatable bonds is 2. The summed E-state index contributed by atoms with van der Waals surface area (Å²) in [6, 6.07) is 0. The molecule has 4 rings (SSSR count). The number of carboxylic acids is 1. The molecule has 4 aliphatic rings. The normalized spacial score (nSPS) is 36.7. The van der Waals surface area contributed by atoms with Gasteiger partial charge in [0.15, 0.2) is 0 Å². The van der Waals surface area contributed by atoms with Crippen molar-refractivity contribution in [3.8, 4) is 0 Å². The first-order valence-corrected chi connectivity index (χ1v) is 7.88. The summed E-state index contributed by atoms with van der Waals surface area (Å²) >= 11 is 0. The number of hydrogen-bond donors (Lipinski definition) is 1. The van der Waals surface area contributed by atoms with Crippen LogP contribution in [0.15, 0.2) is 12.2 Å². The van der Waals surface area contributed by atoms with E-state index in [9.17, 15) is 14.7 Å². The second kappa shape index (κ2) is 5.58. The van der Waals surface area contributed by atoms with Gasteiger partial charge in [0.25, 0.3) is 0 Å². The number of allylic oxidation sites excluding steroid dienone is 2. The summed E-state index contributed by atoms with van der Waals surface area (Å²) in [7, 11) is 0. The number of nitrogens with zero attached hydrogens (tertiary/aromatic N) is 1. The molecule has 110 valence electrons. The highest BCUT2D eigenvalue weighted by Crippen LogP contribution is 2.45. The third-order valence-corrected chi connectivity index (χ3v) is 5.24. The molecular weight excluding hydrogens is 254 g/mol. The Labute approximate surface area is 119 Å². The van der Waals surface area contributed by atoms with Gasteiger partial charge in [-0.3, -0.25) is 9.59 Å². The van der Waals surface area contributed by atoms with Crippen LogP contribution in [-0.2, 0) is 9.59 Å². The quantitative estimate of drug-likeness (QED) is 0.788. The number of amides is 1. The molecule has 2 fully saturated rings. The van der Waals surface area contributed by atoms with E-state index in [0.29, 0.717) is 0 Å². The Hall–Kier alpha value is -1.32. The Morgan fingerprint density at radius 3 is 1.95 bits per heavy atom. The predicted molar refractivity (Wildman–Crippen MR) is 75.0 cm³/mol. The fraction of sp³-hybridized carbons (Fsp3) is 0.750. The van der Waals surface area contributed by atoms with E-state index in [1.807, 2.05) is 11.0 Å². The van der Waals surface area contributed by atoms with E-state index in [-0.39, 0.29) is 23.7 Å². The van der Waals surface area contributed by atoms with Crippen molar-refractivity contribution in [2.24, 2.45) is 23.7 Å². The first kappa shape index (κ1) is 13.7. The summed E-state index contributed by atoms with van der Waals surface area (Å²) in [4.78, 5) is 26.4. The lowest BCUT2D eigenvalue weighted by Gasteiger charge is -2.43. The van der Waals surface area contributed by atoms with Crippen LogP contribution in [0.25, 0.3) is 0 Å². The number of carbonyl (C=O) groups excluding carboxylic acids is 1. The van der Waals surface area contributed by atoms with Crippen LogP contribution in [0.2, 0.25) is 0 Å². The van der Waals surface area contributed by atoms with Crippen LogP contribution in [0, 0.1) is 23.7 Å². The Balaban J connectivity index is 1.81. The van der Waals surface area contributed by atoms with E-state index in [0.717, 1.165) is 38.8 Å². The Kier molecular flexibility index (Phi) is 3.81. The van der Waals surface area contributed by atoms with Gasteiger partial charge in [-0.15, -0.1) is 0 Å². The van der Waals surface area contributed by atoms with Gasteiger partial charge in [-0.2, -0.15) is 0 Å². The maximum Gasteiger partial charge on any atom is 0.307 e. The number of aliphatic carboxylic acids is 1. The average Bonchev–Trinajstić information content (AvgIpc) is 2.75. The summed E-state index contributed by atoms with van der Waals surface area (Å²) in [5.41, 5.74) is 0. The Bertz CT molecular complexity index is 423. The van der Waals surface area contributed by atoms with Crippen molar-refractivity contribution >= 4 is 11.9 Å². The molecule has 0 aromatic heterocycles. The van der Waals surface area contributed by atoms with E-state index in [1.165, 1.54) is 12.8 Å². The number of carbonyl (C=O) groups is 2. The second-order valence-corrected chi connectivity index (χ2v) is 6.42. The van der Waals surface area contributed by atoms with Gasteiger partial charge in [0.05, 0.1) is 11.8 Å². The Morgan fingerprint density at radius 1 is 0.900 bits per heavy atom. The molecule has 1 saturated heterocycles. The predicted octanol–water partition coefficient (Wildman–Crippen LogP) is 2.30. The van der Waals surface area contributed by atoms with Crippen molar-refractivity contribution in [3.05, 3.63) is 12.2 Å². The van der Waals surface area contributed by atoms with Gasteiger partial charge in [-0.05, 0) is 37.5 Å². The lowest BCUT2D eigenvalue weighted by Crippen LogP contribution is -2.50. The fourth-order valence-electron chi connectivity index (χ4n) is 4.17. The van der Waals surface area contributed by atoms with Crippen LogP contribution < -0.4 is 0 Å². The van der Waals surface area contributed by atoms with Crippen molar-refractivity contribution in [1.82, 2.24) is 4.90 Å². The van der Waals surface area contributed by atoms with E-state index in [4.69, 9.17) is 0 Å². The molecule has 0 aromatic rings. The van der Waals surface area contributed by atoms with Crippen LogP contribution in [0.4, 0.5) is 0 Å². The first-order valence-electron chi connectivity index (χ1n) is 7.88. The van der Waals surface area contributed by atoms with Crippen LogP contribution in [0.5, 0.6) is 0 Å². The molecule has 20 heavy (non-hydrogen) atoms. The number of hydrogen-bond acceptors (Lipinski definition) is 2. The third-order valence-electron chi connectivity index (χ3n) is 5.24. The van der Waals surface area contributed by atoms with Crippen LogP contribution in [-0.4, -0.2) is 35.0 Å². The molecule has 4 atom stereocenters. The van der Waals surface area contributed by atoms with Crippen LogP contribution >= 0.6 is 0 Å². The van der Waals surface area contributed by atoms with E-state index >= 15 is 0 Å². The maximum atomic E-state index is 12.8. The molecule has 1 heterocycles. The lowest BCUT2D eigenvalue weighted by molar-refractivity contribution is -0.156. The summed E-state index contributed by atoms with van der Waals surface area (Å²) < 4.78 is 0. The molecule has 1 amide bonds. The molecule has 4 nitrogen and oxygen atoms in total. The standard InChI is InChI=1S/C16H23NO3/c18-15(17-9-3-1-2-4-10-17)13-11-5-7-12(8-6-11)14(13)16(19)20/h5,7,11-14H,1-4,6,8-10H2,(H,19,20)/t11-,12-,13-,14+/m0/s1. The van der Waals surface area contributed by atoms with Crippen molar-refractivity contribution in [2.75, 3.05) is 13.1 Å². The van der Waals surface area contributed by atoms with Crippen LogP contribution in [0.3, 0.4) is 0 Å². The zero-order valence-corrected chi connectivity index (χ0v) is 11.8. The third kappa shape index (κ3) is 2.36. The SMILES string of the molecule is O=C(O)[C@H]1[C@@H](C(=O)N2CCCCCC2)[C@H]2C=C[C@H]1CC2. The molecule has 1 N–H and O–H groups in total. The van der Waals surface area contributed by atoms with E-state index in [2.05, 4.69) is 6.08 Å². The highest BCUT2D eigenvalue weighted by atomic mass is 16.4. The largest absolute Gasteiger partial charge is 0.481 e. The van der Waals surface area contributed by atoms with Crippen molar-refractivity contribution in [3.63, 3.8) is 0 Å². The maximum absolute atomic E-state index is 12.8.